The van der Waals surface area contributed by atoms with Crippen molar-refractivity contribution in [2.45, 2.75) is 216 Å². The molecule has 440 valence electrons. The highest BCUT2D eigenvalue weighted by Gasteiger charge is 2.53. The molecule has 0 spiro atoms. The van der Waals surface area contributed by atoms with Gasteiger partial charge in [0.15, 0.2) is 12.6 Å². The van der Waals surface area contributed by atoms with Crippen molar-refractivity contribution >= 4 is 11.7 Å². The Morgan fingerprint density at radius 2 is 1.64 bits per heavy atom. The molecule has 0 radical (unpaired) electrons. The maximum absolute atomic E-state index is 15.0. The van der Waals surface area contributed by atoms with E-state index in [1.54, 1.807) is 68.9 Å². The summed E-state index contributed by atoms with van der Waals surface area (Å²) in [7, 11) is 8.51. The van der Waals surface area contributed by atoms with Gasteiger partial charge in [-0.3, -0.25) is 4.79 Å². The molecule has 4 saturated heterocycles. The minimum absolute atomic E-state index is 0.0854. The minimum atomic E-state index is -1.85. The van der Waals surface area contributed by atoms with Crippen molar-refractivity contribution in [2.24, 2.45) is 17.8 Å². The number of hydrogen-bond donors (Lipinski definition) is 5. The molecule has 0 amide bonds. The Bertz CT molecular complexity index is 2140. The molecule has 6 rings (SSSR count). The van der Waals surface area contributed by atoms with Crippen molar-refractivity contribution in [2.75, 3.05) is 73.2 Å². The third kappa shape index (κ3) is 14.6. The van der Waals surface area contributed by atoms with Gasteiger partial charge in [-0.15, -0.1) is 5.10 Å². The molecule has 0 saturated carbocycles. The molecule has 21 atom stereocenters. The van der Waals surface area contributed by atoms with E-state index < -0.39 is 127 Å². The number of halogens is 1. The van der Waals surface area contributed by atoms with E-state index in [0.717, 1.165) is 30.8 Å². The van der Waals surface area contributed by atoms with Crippen molar-refractivity contribution in [3.8, 4) is 0 Å². The molecule has 4 fully saturated rings. The third-order valence-electron chi connectivity index (χ3n) is 17.6. The number of aromatic nitrogens is 3. The van der Waals surface area contributed by atoms with Crippen LogP contribution in [0.5, 0.6) is 0 Å². The van der Waals surface area contributed by atoms with Crippen molar-refractivity contribution in [3.63, 3.8) is 0 Å². The van der Waals surface area contributed by atoms with Crippen molar-refractivity contribution in [1.82, 2.24) is 24.8 Å². The zero-order chi connectivity index (χ0) is 56.9. The summed E-state index contributed by atoms with van der Waals surface area (Å²) < 4.78 is 66.3. The second kappa shape index (κ2) is 26.7. The number of ether oxygens (including phenoxy) is 8. The Kier molecular flexibility index (Phi) is 21.9. The number of esters is 1. The lowest BCUT2D eigenvalue weighted by Gasteiger charge is -2.49. The van der Waals surface area contributed by atoms with Gasteiger partial charge in [-0.25, -0.2) is 9.07 Å². The van der Waals surface area contributed by atoms with E-state index in [-0.39, 0.29) is 31.3 Å². The SMILES string of the molecule is CC[C@H]1OC(=O)[C@H](C)[C@@H](O[C@H]2C[C@@](C)(OC)[C@@H](O)[C@H](C)O2)[C@H](C)[C@@H](O[C@@H]2O[C@H](C)C[C@H](N(C)CCc3cn([C@@H](CF)[C@H](OC)c4ccc(N5CC[C@@H](OC)C5)cc4)nn3)[C@H]2O)[C@](C)(O)C[C@@H](C)CN(C)[C@H](C)[C@@H](O)[C@]1(C)O. The van der Waals surface area contributed by atoms with E-state index in [4.69, 9.17) is 37.9 Å². The summed E-state index contributed by atoms with van der Waals surface area (Å²) in [6.45, 7) is 19.3. The van der Waals surface area contributed by atoms with Crippen LogP contribution < -0.4 is 4.90 Å². The summed E-state index contributed by atoms with van der Waals surface area (Å²) in [4.78, 5) is 20.7. The molecule has 5 N–H and O–H groups in total. The van der Waals surface area contributed by atoms with E-state index in [0.29, 0.717) is 31.6 Å². The molecule has 1 aromatic heterocycles. The number of carbonyl (C=O) groups excluding carboxylic acids is 1. The summed E-state index contributed by atoms with van der Waals surface area (Å²) in [6.07, 6.45) is -6.77. The lowest BCUT2D eigenvalue weighted by atomic mass is 9.77. The van der Waals surface area contributed by atoms with Gasteiger partial charge in [-0.05, 0) is 112 Å². The molecule has 2 aromatic rings. The predicted octanol–water partition coefficient (Wildman–Crippen LogP) is 4.23. The zero-order valence-corrected chi connectivity index (χ0v) is 48.5. The average molecular weight is 1100 g/mol. The number of methoxy groups -OCH3 is 3. The van der Waals surface area contributed by atoms with Gasteiger partial charge in [0, 0.05) is 90.2 Å². The van der Waals surface area contributed by atoms with Gasteiger partial charge in [0.25, 0.3) is 0 Å². The van der Waals surface area contributed by atoms with Crippen LogP contribution in [-0.2, 0) is 49.1 Å². The van der Waals surface area contributed by atoms with Gasteiger partial charge in [-0.2, -0.15) is 0 Å². The Hall–Kier alpha value is -3.00. The first-order valence-corrected chi connectivity index (χ1v) is 27.9. The highest BCUT2D eigenvalue weighted by molar-refractivity contribution is 5.73. The number of rotatable bonds is 17. The van der Waals surface area contributed by atoms with Crippen LogP contribution in [0.25, 0.3) is 0 Å². The molecule has 4 aliphatic heterocycles. The second-order valence-electron chi connectivity index (χ2n) is 23.7. The molecule has 21 heteroatoms. The molecule has 20 nitrogen and oxygen atoms in total. The number of aliphatic hydroxyl groups is 5. The smallest absolute Gasteiger partial charge is 0.311 e. The molecule has 77 heavy (non-hydrogen) atoms. The molecule has 1 aromatic carbocycles. The highest BCUT2D eigenvalue weighted by atomic mass is 19.1. The van der Waals surface area contributed by atoms with E-state index in [2.05, 4.69) is 15.2 Å². The summed E-state index contributed by atoms with van der Waals surface area (Å²) in [5.41, 5.74) is -2.09. The first-order valence-electron chi connectivity index (χ1n) is 27.9. The van der Waals surface area contributed by atoms with Crippen LogP contribution in [0.1, 0.15) is 125 Å². The van der Waals surface area contributed by atoms with Crippen LogP contribution in [0.2, 0.25) is 0 Å². The van der Waals surface area contributed by atoms with Crippen LogP contribution in [0.15, 0.2) is 30.5 Å². The minimum Gasteiger partial charge on any atom is -0.459 e. The van der Waals surface area contributed by atoms with Crippen molar-refractivity contribution < 1.29 is 72.6 Å². The number of benzene rings is 1. The molecular formula is C56H95FN6O14. The lowest BCUT2D eigenvalue weighted by molar-refractivity contribution is -0.318. The number of alkyl halides is 1. The Balaban J connectivity index is 1.24. The number of aliphatic hydroxyl groups excluding tert-OH is 3. The second-order valence-corrected chi connectivity index (χ2v) is 23.7. The first kappa shape index (κ1) is 63.2. The first-order chi connectivity index (χ1) is 36.2. The molecular weight excluding hydrogens is 1000 g/mol. The molecule has 5 heterocycles. The van der Waals surface area contributed by atoms with Gasteiger partial charge >= 0.3 is 5.97 Å². The maximum atomic E-state index is 15.0. The number of likely N-dealkylation sites (N-methyl/N-ethyl adjacent to an activating group) is 2. The molecule has 0 aliphatic carbocycles. The Morgan fingerprint density at radius 3 is 2.25 bits per heavy atom. The summed E-state index contributed by atoms with van der Waals surface area (Å²) in [5, 5.41) is 68.7. The van der Waals surface area contributed by atoms with Gasteiger partial charge in [0.05, 0.1) is 53.3 Å². The van der Waals surface area contributed by atoms with E-state index in [1.807, 2.05) is 62.0 Å². The van der Waals surface area contributed by atoms with Gasteiger partial charge < -0.3 is 78.1 Å². The summed E-state index contributed by atoms with van der Waals surface area (Å²) in [5.74, 6) is -2.87. The van der Waals surface area contributed by atoms with Gasteiger partial charge in [-0.1, -0.05) is 38.1 Å². The van der Waals surface area contributed by atoms with Crippen LogP contribution >= 0.6 is 0 Å². The predicted molar refractivity (Wildman–Crippen MR) is 286 cm³/mol. The summed E-state index contributed by atoms with van der Waals surface area (Å²) >= 11 is 0. The van der Waals surface area contributed by atoms with Crippen LogP contribution in [0.3, 0.4) is 0 Å². The van der Waals surface area contributed by atoms with E-state index in [9.17, 15) is 34.7 Å². The quantitative estimate of drug-likeness (QED) is 0.140. The molecule has 4 aliphatic rings. The zero-order valence-electron chi connectivity index (χ0n) is 48.5. The van der Waals surface area contributed by atoms with Crippen LogP contribution in [-0.4, -0.2) is 221 Å². The fraction of sp³-hybridized carbons (Fsp3) is 0.839. The largest absolute Gasteiger partial charge is 0.459 e. The number of nitrogens with zero attached hydrogens (tertiary/aromatic N) is 6. The monoisotopic (exact) mass is 1090 g/mol. The highest BCUT2D eigenvalue weighted by Crippen LogP contribution is 2.41. The van der Waals surface area contributed by atoms with Crippen LogP contribution in [0.4, 0.5) is 10.1 Å². The Labute approximate surface area is 456 Å². The van der Waals surface area contributed by atoms with Crippen molar-refractivity contribution in [1.29, 1.82) is 0 Å². The van der Waals surface area contributed by atoms with Gasteiger partial charge in [0.1, 0.15) is 48.8 Å². The normalized spacial score (nSPS) is 40.2. The number of cyclic esters (lactones) is 1. The summed E-state index contributed by atoms with van der Waals surface area (Å²) in [6, 6.07) is 6.12. The van der Waals surface area contributed by atoms with Crippen molar-refractivity contribution in [3.05, 3.63) is 41.7 Å². The Morgan fingerprint density at radius 1 is 0.948 bits per heavy atom. The molecule has 0 bridgehead atoms. The van der Waals surface area contributed by atoms with E-state index in [1.165, 1.54) is 18.7 Å². The fourth-order valence-electron chi connectivity index (χ4n) is 12.5. The molecule has 0 unspecified atom stereocenters. The fourth-order valence-corrected chi connectivity index (χ4v) is 12.5. The number of anilines is 1. The lowest BCUT2D eigenvalue weighted by Crippen LogP contribution is -2.61. The topological polar surface area (TPSA) is 232 Å². The standard InChI is InChI=1S/C56H95FN6O14/c1-16-44-56(10,69)49(65)36(6)61(12)29-32(2)26-54(8,68)51(34(4)47(35(5)52(67)75-44)76-45-27-55(9,72-15)50(66)37(7)74-45)77-53-46(64)42(25-33(3)73-53)60(11)23-21-39-30-63(59-58-39)43(28-57)48(71-14)38-17-19-40(20-18-38)62-24-22-41(31-62)70-13/h17-20,30,32-37,41-51,53,64-66,68-69H,16,21-29,31H2,1-15H3/t32-,33-,34+,35-,36-,37+,41-,42+,43+,44-,45+,46-,47+,48-,49-,50+,51-,53+,54-,55-,56-/m1/s1. The van der Waals surface area contributed by atoms with E-state index >= 15 is 0 Å². The third-order valence-corrected chi connectivity index (χ3v) is 17.6. The average Bonchev–Trinajstić information content (AvgIpc) is 4.09. The van der Waals surface area contributed by atoms with Gasteiger partial charge in [0.2, 0.25) is 0 Å². The maximum Gasteiger partial charge on any atom is 0.311 e. The number of hydrogen-bond acceptors (Lipinski definition) is 19. The number of carbonyl (C=O) groups is 1. The van der Waals surface area contributed by atoms with Crippen LogP contribution in [0, 0.1) is 17.8 Å².